The van der Waals surface area contributed by atoms with Crippen molar-refractivity contribution in [3.05, 3.63) is 77.3 Å². The summed E-state index contributed by atoms with van der Waals surface area (Å²) in [4.78, 5) is 20.1. The number of pyridine rings is 1. The Morgan fingerprint density at radius 2 is 1.92 bits per heavy atom. The molecule has 2 aliphatic heterocycles. The molecule has 5 heterocycles. The van der Waals surface area contributed by atoms with Gasteiger partial charge in [0, 0.05) is 42.8 Å². The molecule has 8 nitrogen and oxygen atoms in total. The molecule has 1 fully saturated rings. The number of hydrogen-bond donors (Lipinski definition) is 0. The highest BCUT2D eigenvalue weighted by atomic mass is 19.2. The van der Waals surface area contributed by atoms with Crippen molar-refractivity contribution in [2.75, 3.05) is 7.11 Å². The number of benzene rings is 1. The van der Waals surface area contributed by atoms with Crippen LogP contribution in [-0.2, 0) is 13.5 Å². The minimum atomic E-state index is -1.51. The van der Waals surface area contributed by atoms with Crippen molar-refractivity contribution < 1.29 is 22.7 Å². The molecule has 6 rings (SSSR count). The van der Waals surface area contributed by atoms with E-state index in [1.165, 1.54) is 13.3 Å². The zero-order chi connectivity index (χ0) is 25.8. The fourth-order valence-electron chi connectivity index (χ4n) is 5.72. The molecule has 190 valence electrons. The van der Waals surface area contributed by atoms with Gasteiger partial charge in [0.1, 0.15) is 11.3 Å². The van der Waals surface area contributed by atoms with Gasteiger partial charge < -0.3 is 9.64 Å². The van der Waals surface area contributed by atoms with Gasteiger partial charge in [0.15, 0.2) is 23.2 Å². The highest BCUT2D eigenvalue weighted by Gasteiger charge is 2.44. The lowest BCUT2D eigenvalue weighted by Crippen LogP contribution is -2.50. The first-order chi connectivity index (χ1) is 17.9. The van der Waals surface area contributed by atoms with E-state index >= 15 is 0 Å². The number of nitrogens with zero attached hydrogens (tertiary/aromatic N) is 6. The van der Waals surface area contributed by atoms with Crippen LogP contribution in [0.5, 0.6) is 5.75 Å². The number of rotatable bonds is 4. The van der Waals surface area contributed by atoms with Gasteiger partial charge >= 0.3 is 0 Å². The van der Waals surface area contributed by atoms with Gasteiger partial charge in [0.25, 0.3) is 5.91 Å². The summed E-state index contributed by atoms with van der Waals surface area (Å²) in [6.07, 6.45) is 9.26. The van der Waals surface area contributed by atoms with Crippen molar-refractivity contribution in [3.63, 3.8) is 0 Å². The molecule has 0 saturated carbocycles. The lowest BCUT2D eigenvalue weighted by atomic mass is 9.81. The van der Waals surface area contributed by atoms with Gasteiger partial charge in [-0.2, -0.15) is 10.2 Å². The maximum Gasteiger partial charge on any atom is 0.260 e. The van der Waals surface area contributed by atoms with Crippen molar-refractivity contribution in [2.24, 2.45) is 7.05 Å². The third-order valence-corrected chi connectivity index (χ3v) is 7.23. The molecule has 2 bridgehead atoms. The van der Waals surface area contributed by atoms with E-state index in [-0.39, 0.29) is 23.6 Å². The molecule has 0 spiro atoms. The van der Waals surface area contributed by atoms with Crippen LogP contribution < -0.4 is 4.74 Å². The highest BCUT2D eigenvalue weighted by Crippen LogP contribution is 2.46. The Morgan fingerprint density at radius 1 is 1.14 bits per heavy atom. The Hall–Kier alpha value is -4.15. The molecule has 3 aromatic heterocycles. The molecule has 1 aromatic carbocycles. The maximum absolute atomic E-state index is 14.1. The minimum absolute atomic E-state index is 0.157. The Balaban J connectivity index is 1.43. The summed E-state index contributed by atoms with van der Waals surface area (Å²) >= 11 is 0. The topological polar surface area (TPSA) is 78.1 Å². The average molecular weight is 509 g/mol. The van der Waals surface area contributed by atoms with E-state index in [1.807, 2.05) is 4.90 Å². The molecule has 1 saturated heterocycles. The number of ether oxygens (including phenoxy) is 1. The number of halogens is 3. The van der Waals surface area contributed by atoms with Crippen LogP contribution in [0.25, 0.3) is 16.9 Å². The lowest BCUT2D eigenvalue weighted by Gasteiger charge is -2.45. The van der Waals surface area contributed by atoms with Crippen molar-refractivity contribution in [3.8, 4) is 22.7 Å². The number of methoxy groups -OCH3 is 1. The Kier molecular flexibility index (Phi) is 5.50. The standard InChI is InChI=1S/C26H23F3N6O2/c1-33-24(14-9-18(27)22(29)19(28)10-14)16-11-15-5-3-6-20(23(16)32-33)35(15)26(36)17-12-30-13-21(25(17)37-2)34-8-4-7-31-34/h4,7-10,12-13,15,20H,3,5-6,11H2,1-2H3. The third kappa shape index (κ3) is 3.59. The molecule has 37 heavy (non-hydrogen) atoms. The van der Waals surface area contributed by atoms with Gasteiger partial charge in [-0.1, -0.05) is 0 Å². The molecule has 2 unspecified atom stereocenters. The first-order valence-electron chi connectivity index (χ1n) is 11.9. The Bertz CT molecular complexity index is 1490. The van der Waals surface area contributed by atoms with E-state index in [0.717, 1.165) is 30.5 Å². The second-order valence-electron chi connectivity index (χ2n) is 9.30. The summed E-state index contributed by atoms with van der Waals surface area (Å²) < 4.78 is 50.5. The predicted molar refractivity (Wildman–Crippen MR) is 127 cm³/mol. The SMILES string of the molecule is COc1c(C(=O)N2C3CCCC2c2nn(C)c(-c4cc(F)c(F)c(F)c4)c2C3)cncc1-n1cccn1. The average Bonchev–Trinajstić information content (AvgIpc) is 3.54. The summed E-state index contributed by atoms with van der Waals surface area (Å²) in [6, 6.07) is 3.25. The third-order valence-electron chi connectivity index (χ3n) is 7.23. The maximum atomic E-state index is 14.1. The monoisotopic (exact) mass is 508 g/mol. The highest BCUT2D eigenvalue weighted by molar-refractivity contribution is 5.98. The fraction of sp³-hybridized carbons (Fsp3) is 0.308. The predicted octanol–water partition coefficient (Wildman–Crippen LogP) is 4.39. The van der Waals surface area contributed by atoms with Crippen LogP contribution in [0.2, 0.25) is 0 Å². The van der Waals surface area contributed by atoms with E-state index in [4.69, 9.17) is 4.74 Å². The molecule has 2 aliphatic rings. The zero-order valence-corrected chi connectivity index (χ0v) is 20.2. The van der Waals surface area contributed by atoms with Crippen LogP contribution in [0.1, 0.15) is 46.9 Å². The normalized spacial score (nSPS) is 18.6. The molecular formula is C26H23F3N6O2. The number of amides is 1. The molecule has 2 atom stereocenters. The van der Waals surface area contributed by atoms with Gasteiger partial charge in [0.05, 0.1) is 30.7 Å². The first kappa shape index (κ1) is 23.3. The van der Waals surface area contributed by atoms with Crippen molar-refractivity contribution in [2.45, 2.75) is 37.8 Å². The van der Waals surface area contributed by atoms with E-state index in [9.17, 15) is 18.0 Å². The van der Waals surface area contributed by atoms with Crippen molar-refractivity contribution in [1.29, 1.82) is 0 Å². The van der Waals surface area contributed by atoms with E-state index in [2.05, 4.69) is 15.2 Å². The second kappa shape index (κ2) is 8.75. The largest absolute Gasteiger partial charge is 0.494 e. The number of aromatic nitrogens is 5. The van der Waals surface area contributed by atoms with Crippen LogP contribution >= 0.6 is 0 Å². The summed E-state index contributed by atoms with van der Waals surface area (Å²) in [7, 11) is 3.18. The Morgan fingerprint density at radius 3 is 2.62 bits per heavy atom. The first-order valence-corrected chi connectivity index (χ1v) is 11.9. The van der Waals surface area contributed by atoms with Crippen LogP contribution in [0, 0.1) is 17.5 Å². The molecule has 0 radical (unpaired) electrons. The number of aryl methyl sites for hydroxylation is 1. The summed E-state index contributed by atoms with van der Waals surface area (Å²) in [5.74, 6) is -3.88. The molecular weight excluding hydrogens is 485 g/mol. The van der Waals surface area contributed by atoms with Gasteiger partial charge in [-0.3, -0.25) is 14.5 Å². The summed E-state index contributed by atoms with van der Waals surface area (Å²) in [6.45, 7) is 0. The van der Waals surface area contributed by atoms with Crippen LogP contribution in [0.15, 0.2) is 43.0 Å². The fourth-order valence-corrected chi connectivity index (χ4v) is 5.72. The number of hydrogen-bond acceptors (Lipinski definition) is 5. The minimum Gasteiger partial charge on any atom is -0.494 e. The number of piperidine rings is 1. The van der Waals surface area contributed by atoms with Gasteiger partial charge in [-0.15, -0.1) is 0 Å². The van der Waals surface area contributed by atoms with Crippen LogP contribution in [0.3, 0.4) is 0 Å². The van der Waals surface area contributed by atoms with Gasteiger partial charge in [-0.25, -0.2) is 17.9 Å². The van der Waals surface area contributed by atoms with Crippen LogP contribution in [0.4, 0.5) is 13.2 Å². The number of fused-ring (bicyclic) bond motifs is 4. The van der Waals surface area contributed by atoms with Gasteiger partial charge in [0.2, 0.25) is 0 Å². The summed E-state index contributed by atoms with van der Waals surface area (Å²) in [5, 5.41) is 8.92. The van der Waals surface area contributed by atoms with Crippen LogP contribution in [-0.4, -0.2) is 48.5 Å². The molecule has 0 aliphatic carbocycles. The molecule has 11 heteroatoms. The summed E-state index contributed by atoms with van der Waals surface area (Å²) in [5.41, 5.74) is 3.10. The van der Waals surface area contributed by atoms with E-state index < -0.39 is 17.5 Å². The zero-order valence-electron chi connectivity index (χ0n) is 20.2. The van der Waals surface area contributed by atoms with Gasteiger partial charge in [-0.05, 0) is 43.9 Å². The van der Waals surface area contributed by atoms with Crippen molar-refractivity contribution >= 4 is 5.91 Å². The Labute approximate surface area is 210 Å². The smallest absolute Gasteiger partial charge is 0.260 e. The molecule has 1 amide bonds. The molecule has 4 aromatic rings. The van der Waals surface area contributed by atoms with E-state index in [1.54, 1.807) is 41.1 Å². The van der Waals surface area contributed by atoms with Crippen molar-refractivity contribution in [1.82, 2.24) is 29.4 Å². The number of carbonyl (C=O) groups is 1. The number of carbonyl (C=O) groups excluding carboxylic acids is 1. The molecule has 0 N–H and O–H groups in total. The quantitative estimate of drug-likeness (QED) is 0.382. The lowest BCUT2D eigenvalue weighted by molar-refractivity contribution is 0.0388. The second-order valence-corrected chi connectivity index (χ2v) is 9.30. The van der Waals surface area contributed by atoms with E-state index in [0.29, 0.717) is 41.2 Å².